The van der Waals surface area contributed by atoms with Crippen molar-refractivity contribution in [3.63, 3.8) is 0 Å². The lowest BCUT2D eigenvalue weighted by Gasteiger charge is -2.12. The van der Waals surface area contributed by atoms with E-state index in [1.54, 1.807) is 0 Å². The van der Waals surface area contributed by atoms with Crippen molar-refractivity contribution in [1.82, 2.24) is 9.88 Å². The van der Waals surface area contributed by atoms with Gasteiger partial charge < -0.3 is 15.3 Å². The maximum Gasteiger partial charge on any atom is 0.209 e. The molecule has 3 N–H and O–H groups in total. The van der Waals surface area contributed by atoms with E-state index < -0.39 is 0 Å². The Morgan fingerprint density at radius 1 is 1.50 bits per heavy atom. The van der Waals surface area contributed by atoms with E-state index in [9.17, 15) is 0 Å². The molecule has 1 unspecified atom stereocenters. The molecule has 0 radical (unpaired) electrons. The van der Waals surface area contributed by atoms with E-state index in [-0.39, 0.29) is 6.61 Å². The molecule has 1 aromatic carbocycles. The second-order valence-corrected chi connectivity index (χ2v) is 4.87. The van der Waals surface area contributed by atoms with Gasteiger partial charge in [-0.05, 0) is 31.0 Å². The average molecular weight is 247 g/mol. The number of fused-ring (bicyclic) bond motifs is 1. The molecule has 5 heteroatoms. The Bertz CT molecular complexity index is 552. The van der Waals surface area contributed by atoms with Crippen LogP contribution in [0.3, 0.4) is 0 Å². The van der Waals surface area contributed by atoms with Gasteiger partial charge in [0.2, 0.25) is 5.89 Å². The molecule has 1 fully saturated rings. The maximum atomic E-state index is 9.12. The van der Waals surface area contributed by atoms with Crippen LogP contribution in [-0.2, 0) is 6.54 Å². The normalized spacial score (nSPS) is 20.8. The fraction of sp³-hybridized carbons (Fsp3) is 0.462. The molecule has 0 saturated carbocycles. The number of nitrogen functional groups attached to an aromatic ring is 1. The van der Waals surface area contributed by atoms with Gasteiger partial charge in [-0.25, -0.2) is 4.98 Å². The fourth-order valence-electron chi connectivity index (χ4n) is 2.48. The SMILES string of the molecule is Nc1cccc2oc(CN3CCC(CO)C3)nc12. The van der Waals surface area contributed by atoms with Crippen LogP contribution in [0.15, 0.2) is 22.6 Å². The summed E-state index contributed by atoms with van der Waals surface area (Å²) in [6, 6.07) is 5.57. The molecule has 1 aromatic heterocycles. The second kappa shape index (κ2) is 4.59. The number of nitrogens with zero attached hydrogens (tertiary/aromatic N) is 2. The summed E-state index contributed by atoms with van der Waals surface area (Å²) in [6.07, 6.45) is 1.04. The first-order chi connectivity index (χ1) is 8.76. The van der Waals surface area contributed by atoms with Gasteiger partial charge in [-0.15, -0.1) is 0 Å². The van der Waals surface area contributed by atoms with Crippen LogP contribution in [0.2, 0.25) is 0 Å². The maximum absolute atomic E-state index is 9.12. The van der Waals surface area contributed by atoms with Crippen molar-refractivity contribution >= 4 is 16.8 Å². The first-order valence-corrected chi connectivity index (χ1v) is 6.23. The smallest absolute Gasteiger partial charge is 0.209 e. The number of aromatic nitrogens is 1. The summed E-state index contributed by atoms with van der Waals surface area (Å²) in [5.74, 6) is 1.08. The molecule has 2 heterocycles. The monoisotopic (exact) mass is 247 g/mol. The van der Waals surface area contributed by atoms with Crippen molar-refractivity contribution in [2.75, 3.05) is 25.4 Å². The number of oxazole rings is 1. The number of anilines is 1. The van der Waals surface area contributed by atoms with E-state index in [2.05, 4.69) is 9.88 Å². The number of benzene rings is 1. The second-order valence-electron chi connectivity index (χ2n) is 4.87. The van der Waals surface area contributed by atoms with Gasteiger partial charge in [0.1, 0.15) is 5.52 Å². The third-order valence-electron chi connectivity index (χ3n) is 3.48. The lowest BCUT2D eigenvalue weighted by Crippen LogP contribution is -2.21. The first-order valence-electron chi connectivity index (χ1n) is 6.23. The molecule has 3 rings (SSSR count). The number of nitrogens with two attached hydrogens (primary N) is 1. The summed E-state index contributed by atoms with van der Waals surface area (Å²) in [4.78, 5) is 6.68. The topological polar surface area (TPSA) is 75.5 Å². The van der Waals surface area contributed by atoms with E-state index in [0.29, 0.717) is 24.0 Å². The van der Waals surface area contributed by atoms with Crippen LogP contribution < -0.4 is 5.73 Å². The highest BCUT2D eigenvalue weighted by molar-refractivity contribution is 5.85. The van der Waals surface area contributed by atoms with Gasteiger partial charge >= 0.3 is 0 Å². The summed E-state index contributed by atoms with van der Waals surface area (Å²) in [6.45, 7) is 2.84. The third-order valence-corrected chi connectivity index (χ3v) is 3.48. The summed E-state index contributed by atoms with van der Waals surface area (Å²) >= 11 is 0. The fourth-order valence-corrected chi connectivity index (χ4v) is 2.48. The minimum atomic E-state index is 0.261. The zero-order valence-corrected chi connectivity index (χ0v) is 10.2. The van der Waals surface area contributed by atoms with E-state index in [4.69, 9.17) is 15.3 Å². The highest BCUT2D eigenvalue weighted by Crippen LogP contribution is 2.23. The molecule has 1 atom stereocenters. The van der Waals surface area contributed by atoms with Gasteiger partial charge in [-0.1, -0.05) is 6.07 Å². The first kappa shape index (κ1) is 11.5. The molecule has 0 aliphatic carbocycles. The van der Waals surface area contributed by atoms with Crippen molar-refractivity contribution in [2.24, 2.45) is 5.92 Å². The van der Waals surface area contributed by atoms with Crippen LogP contribution in [-0.4, -0.2) is 34.7 Å². The van der Waals surface area contributed by atoms with E-state index >= 15 is 0 Å². The number of rotatable bonds is 3. The van der Waals surface area contributed by atoms with Crippen molar-refractivity contribution < 1.29 is 9.52 Å². The number of para-hydroxylation sites is 1. The number of hydrogen-bond acceptors (Lipinski definition) is 5. The van der Waals surface area contributed by atoms with Gasteiger partial charge in [-0.3, -0.25) is 4.90 Å². The highest BCUT2D eigenvalue weighted by atomic mass is 16.3. The standard InChI is InChI=1S/C13H17N3O2/c14-10-2-1-3-11-13(10)15-12(18-11)7-16-5-4-9(6-16)8-17/h1-3,9,17H,4-8,14H2. The molecule has 2 aromatic rings. The Balaban J connectivity index is 1.77. The van der Waals surface area contributed by atoms with Gasteiger partial charge in [0, 0.05) is 13.2 Å². The molecule has 1 saturated heterocycles. The Kier molecular flexibility index (Phi) is 2.93. The Labute approximate surface area is 105 Å². The lowest BCUT2D eigenvalue weighted by molar-refractivity contribution is 0.215. The summed E-state index contributed by atoms with van der Waals surface area (Å²) in [5.41, 5.74) is 7.98. The Morgan fingerprint density at radius 2 is 2.39 bits per heavy atom. The van der Waals surface area contributed by atoms with E-state index in [1.165, 1.54) is 0 Å². The molecule has 1 aliphatic heterocycles. The molecule has 96 valence electrons. The van der Waals surface area contributed by atoms with Gasteiger partial charge in [0.15, 0.2) is 5.58 Å². The quantitative estimate of drug-likeness (QED) is 0.798. The van der Waals surface area contributed by atoms with Gasteiger partial charge in [-0.2, -0.15) is 0 Å². The van der Waals surface area contributed by atoms with E-state index in [1.807, 2.05) is 18.2 Å². The van der Waals surface area contributed by atoms with Crippen LogP contribution in [0.5, 0.6) is 0 Å². The molecular weight excluding hydrogens is 230 g/mol. The molecule has 0 amide bonds. The van der Waals surface area contributed by atoms with Crippen LogP contribution in [0.1, 0.15) is 12.3 Å². The molecular formula is C13H17N3O2. The summed E-state index contributed by atoms with van der Waals surface area (Å²) in [7, 11) is 0. The molecule has 0 bridgehead atoms. The zero-order valence-electron chi connectivity index (χ0n) is 10.2. The van der Waals surface area contributed by atoms with Crippen molar-refractivity contribution in [1.29, 1.82) is 0 Å². The van der Waals surface area contributed by atoms with Crippen molar-refractivity contribution in [2.45, 2.75) is 13.0 Å². The van der Waals surface area contributed by atoms with Crippen LogP contribution in [0.25, 0.3) is 11.1 Å². The Morgan fingerprint density at radius 3 is 3.11 bits per heavy atom. The number of likely N-dealkylation sites (tertiary alicyclic amines) is 1. The van der Waals surface area contributed by atoms with Gasteiger partial charge in [0.25, 0.3) is 0 Å². The highest BCUT2D eigenvalue weighted by Gasteiger charge is 2.23. The van der Waals surface area contributed by atoms with Crippen LogP contribution in [0.4, 0.5) is 5.69 Å². The lowest BCUT2D eigenvalue weighted by atomic mass is 10.1. The number of aliphatic hydroxyl groups excluding tert-OH is 1. The number of aliphatic hydroxyl groups is 1. The molecule has 5 nitrogen and oxygen atoms in total. The minimum Gasteiger partial charge on any atom is -0.439 e. The predicted molar refractivity (Wildman–Crippen MR) is 68.9 cm³/mol. The minimum absolute atomic E-state index is 0.261. The van der Waals surface area contributed by atoms with Crippen LogP contribution in [0, 0.1) is 5.92 Å². The van der Waals surface area contributed by atoms with Crippen LogP contribution >= 0.6 is 0 Å². The van der Waals surface area contributed by atoms with E-state index in [0.717, 1.165) is 30.6 Å². The largest absolute Gasteiger partial charge is 0.439 e. The zero-order chi connectivity index (χ0) is 12.5. The summed E-state index contributed by atoms with van der Waals surface area (Å²) in [5, 5.41) is 9.12. The van der Waals surface area contributed by atoms with Crippen molar-refractivity contribution in [3.05, 3.63) is 24.1 Å². The number of hydrogen-bond donors (Lipinski definition) is 2. The van der Waals surface area contributed by atoms with Gasteiger partial charge in [0.05, 0.1) is 12.2 Å². The van der Waals surface area contributed by atoms with Crippen molar-refractivity contribution in [3.8, 4) is 0 Å². The molecule has 1 aliphatic rings. The predicted octanol–water partition coefficient (Wildman–Crippen LogP) is 1.22. The summed E-state index contributed by atoms with van der Waals surface area (Å²) < 4.78 is 5.68. The third kappa shape index (κ3) is 2.07. The average Bonchev–Trinajstić information content (AvgIpc) is 2.96. The Hall–Kier alpha value is -1.59. The molecule has 18 heavy (non-hydrogen) atoms. The molecule has 0 spiro atoms.